The van der Waals surface area contributed by atoms with Crippen LogP contribution < -0.4 is 10.6 Å². The minimum absolute atomic E-state index is 0.00343. The van der Waals surface area contributed by atoms with Crippen LogP contribution in [0.2, 0.25) is 0 Å². The van der Waals surface area contributed by atoms with Crippen molar-refractivity contribution in [2.24, 2.45) is 17.8 Å². The van der Waals surface area contributed by atoms with Gasteiger partial charge in [-0.2, -0.15) is 0 Å². The summed E-state index contributed by atoms with van der Waals surface area (Å²) in [5.41, 5.74) is 0. The first-order valence-corrected chi connectivity index (χ1v) is 6.21. The third-order valence-electron chi connectivity index (χ3n) is 3.37. The molecular formula is C12H22N2O. The van der Waals surface area contributed by atoms with Crippen LogP contribution in [0.1, 0.15) is 39.5 Å². The Balaban J connectivity index is 1.68. The molecule has 2 rings (SSSR count). The summed E-state index contributed by atoms with van der Waals surface area (Å²) in [5.74, 6) is 2.59. The Morgan fingerprint density at radius 3 is 2.13 bits per heavy atom. The molecule has 2 fully saturated rings. The largest absolute Gasteiger partial charge is 0.338 e. The van der Waals surface area contributed by atoms with Gasteiger partial charge >= 0.3 is 6.03 Å². The fourth-order valence-corrected chi connectivity index (χ4v) is 2.29. The molecule has 0 bridgehead atoms. The minimum atomic E-state index is -0.00343. The van der Waals surface area contributed by atoms with Gasteiger partial charge in [-0.1, -0.05) is 0 Å². The van der Waals surface area contributed by atoms with Crippen LogP contribution in [-0.2, 0) is 0 Å². The average molecular weight is 210 g/mol. The molecule has 2 amide bonds. The number of rotatable bonds is 5. The third kappa shape index (κ3) is 3.40. The lowest BCUT2D eigenvalue weighted by Crippen LogP contribution is -2.42. The summed E-state index contributed by atoms with van der Waals surface area (Å²) in [5, 5.41) is 5.87. The van der Waals surface area contributed by atoms with Crippen molar-refractivity contribution in [3.8, 4) is 0 Å². The molecule has 0 unspecified atom stereocenters. The summed E-state index contributed by atoms with van der Waals surface area (Å²) in [6.45, 7) is 4.85. The van der Waals surface area contributed by atoms with Crippen LogP contribution in [0.25, 0.3) is 0 Å². The summed E-state index contributed by atoms with van der Waals surface area (Å²) in [6, 6.07) is 0.224. The standard InChI is InChI=1S/C12H22N2O/c1-8(2)14-12(15)13-7-11(9-3-4-9)10-5-6-10/h8-11H,3-7H2,1-2H3,(H2,13,14,15). The van der Waals surface area contributed by atoms with Crippen LogP contribution in [0, 0.1) is 17.8 Å². The molecule has 2 saturated carbocycles. The Labute approximate surface area is 92.0 Å². The molecule has 0 aromatic rings. The van der Waals surface area contributed by atoms with E-state index in [1.807, 2.05) is 13.8 Å². The highest BCUT2D eigenvalue weighted by molar-refractivity contribution is 5.74. The quantitative estimate of drug-likeness (QED) is 0.717. The Bertz CT molecular complexity index is 220. The van der Waals surface area contributed by atoms with Crippen LogP contribution in [0.3, 0.4) is 0 Å². The van der Waals surface area contributed by atoms with Crippen LogP contribution in [-0.4, -0.2) is 18.6 Å². The molecule has 0 saturated heterocycles. The summed E-state index contributed by atoms with van der Waals surface area (Å²) >= 11 is 0. The van der Waals surface area contributed by atoms with Gasteiger partial charge in [-0.15, -0.1) is 0 Å². The molecule has 0 aliphatic heterocycles. The zero-order valence-electron chi connectivity index (χ0n) is 9.75. The Morgan fingerprint density at radius 1 is 1.20 bits per heavy atom. The summed E-state index contributed by atoms with van der Waals surface area (Å²) < 4.78 is 0. The van der Waals surface area contributed by atoms with Gasteiger partial charge in [-0.3, -0.25) is 0 Å². The normalized spacial score (nSPS) is 20.8. The summed E-state index contributed by atoms with van der Waals surface area (Å²) in [4.78, 5) is 11.4. The van der Waals surface area contributed by atoms with E-state index in [0.29, 0.717) is 0 Å². The molecule has 0 spiro atoms. The van der Waals surface area contributed by atoms with Crippen molar-refractivity contribution in [2.45, 2.75) is 45.6 Å². The lowest BCUT2D eigenvalue weighted by Gasteiger charge is -2.17. The second-order valence-electron chi connectivity index (χ2n) is 5.35. The molecule has 2 aliphatic rings. The number of carbonyl (C=O) groups excluding carboxylic acids is 1. The number of amides is 2. The van der Waals surface area contributed by atoms with E-state index in [2.05, 4.69) is 10.6 Å². The minimum Gasteiger partial charge on any atom is -0.338 e. The second-order valence-corrected chi connectivity index (χ2v) is 5.35. The van der Waals surface area contributed by atoms with Gasteiger partial charge in [0.1, 0.15) is 0 Å². The second kappa shape index (κ2) is 4.42. The molecule has 15 heavy (non-hydrogen) atoms. The van der Waals surface area contributed by atoms with Crippen molar-refractivity contribution in [1.82, 2.24) is 10.6 Å². The molecule has 3 nitrogen and oxygen atoms in total. The van der Waals surface area contributed by atoms with E-state index in [-0.39, 0.29) is 12.1 Å². The molecule has 86 valence electrons. The van der Waals surface area contributed by atoms with E-state index in [0.717, 1.165) is 24.3 Å². The van der Waals surface area contributed by atoms with E-state index in [1.54, 1.807) is 0 Å². The van der Waals surface area contributed by atoms with Gasteiger partial charge in [0.15, 0.2) is 0 Å². The molecule has 0 aromatic carbocycles. The monoisotopic (exact) mass is 210 g/mol. The highest BCUT2D eigenvalue weighted by Crippen LogP contribution is 2.48. The van der Waals surface area contributed by atoms with E-state index < -0.39 is 0 Å². The van der Waals surface area contributed by atoms with Crippen LogP contribution in [0.5, 0.6) is 0 Å². The predicted molar refractivity (Wildman–Crippen MR) is 60.6 cm³/mol. The van der Waals surface area contributed by atoms with Gasteiger partial charge in [0, 0.05) is 12.6 Å². The molecule has 0 heterocycles. The zero-order chi connectivity index (χ0) is 10.8. The van der Waals surface area contributed by atoms with Crippen LogP contribution >= 0.6 is 0 Å². The highest BCUT2D eigenvalue weighted by atomic mass is 16.2. The van der Waals surface area contributed by atoms with Crippen molar-refractivity contribution in [1.29, 1.82) is 0 Å². The molecule has 2 N–H and O–H groups in total. The lowest BCUT2D eigenvalue weighted by molar-refractivity contribution is 0.234. The first kappa shape index (κ1) is 10.8. The maximum Gasteiger partial charge on any atom is 0.314 e. The van der Waals surface area contributed by atoms with Gasteiger partial charge in [0.05, 0.1) is 0 Å². The van der Waals surface area contributed by atoms with Crippen molar-refractivity contribution < 1.29 is 4.79 Å². The molecule has 3 heteroatoms. The van der Waals surface area contributed by atoms with Gasteiger partial charge < -0.3 is 10.6 Å². The van der Waals surface area contributed by atoms with Crippen molar-refractivity contribution in [2.75, 3.05) is 6.54 Å². The molecule has 0 atom stereocenters. The Morgan fingerprint density at radius 2 is 1.73 bits per heavy atom. The Hall–Kier alpha value is -0.730. The fraction of sp³-hybridized carbons (Fsp3) is 0.917. The van der Waals surface area contributed by atoms with Crippen molar-refractivity contribution in [3.05, 3.63) is 0 Å². The number of carbonyl (C=O) groups is 1. The van der Waals surface area contributed by atoms with Crippen LogP contribution in [0.4, 0.5) is 4.79 Å². The Kier molecular flexibility index (Phi) is 3.17. The SMILES string of the molecule is CC(C)NC(=O)NCC(C1CC1)C1CC1. The molecule has 0 radical (unpaired) electrons. The summed E-state index contributed by atoms with van der Waals surface area (Å²) in [6.07, 6.45) is 5.53. The van der Waals surface area contributed by atoms with E-state index >= 15 is 0 Å². The maximum absolute atomic E-state index is 11.4. The molecular weight excluding hydrogens is 188 g/mol. The third-order valence-corrected chi connectivity index (χ3v) is 3.37. The smallest absolute Gasteiger partial charge is 0.314 e. The lowest BCUT2D eigenvalue weighted by atomic mass is 9.98. The first-order valence-electron chi connectivity index (χ1n) is 6.21. The van der Waals surface area contributed by atoms with Gasteiger partial charge in [0.25, 0.3) is 0 Å². The van der Waals surface area contributed by atoms with Crippen LogP contribution in [0.15, 0.2) is 0 Å². The van der Waals surface area contributed by atoms with Crippen molar-refractivity contribution in [3.63, 3.8) is 0 Å². The number of nitrogens with one attached hydrogen (secondary N) is 2. The number of hydrogen-bond acceptors (Lipinski definition) is 1. The van der Waals surface area contributed by atoms with E-state index in [9.17, 15) is 4.79 Å². The number of urea groups is 1. The number of hydrogen-bond donors (Lipinski definition) is 2. The molecule has 2 aliphatic carbocycles. The topological polar surface area (TPSA) is 41.1 Å². The van der Waals surface area contributed by atoms with Gasteiger partial charge in [0.2, 0.25) is 0 Å². The van der Waals surface area contributed by atoms with E-state index in [4.69, 9.17) is 0 Å². The van der Waals surface area contributed by atoms with Gasteiger partial charge in [-0.25, -0.2) is 4.79 Å². The van der Waals surface area contributed by atoms with E-state index in [1.165, 1.54) is 25.7 Å². The highest BCUT2D eigenvalue weighted by Gasteiger charge is 2.41. The van der Waals surface area contributed by atoms with Gasteiger partial charge in [-0.05, 0) is 57.3 Å². The predicted octanol–water partition coefficient (Wildman–Crippen LogP) is 2.13. The zero-order valence-corrected chi connectivity index (χ0v) is 9.75. The first-order chi connectivity index (χ1) is 7.16. The fourth-order valence-electron chi connectivity index (χ4n) is 2.29. The average Bonchev–Trinajstić information content (AvgIpc) is 2.99. The van der Waals surface area contributed by atoms with Crippen molar-refractivity contribution >= 4 is 6.03 Å². The molecule has 0 aromatic heterocycles. The maximum atomic E-state index is 11.4. The summed E-state index contributed by atoms with van der Waals surface area (Å²) in [7, 11) is 0.